The fraction of sp³-hybridized carbons (Fsp3) is 0.333. The van der Waals surface area contributed by atoms with Gasteiger partial charge in [0.2, 0.25) is 5.91 Å². The van der Waals surface area contributed by atoms with Crippen LogP contribution in [0.2, 0.25) is 5.15 Å². The Hall–Kier alpha value is -3.23. The standard InChI is InChI=1S/C24H28ClN5O3/c1-24(2,3)33-22(31)15-27-19(12-16-8-6-5-7-9-16)23(32)28-21-14-18(29-30(21)4)17-10-11-26-20(25)13-17/h5-11,13-14,19,27H,12,15H2,1-4H3,(H,28,32)/t19-/m0/s1. The van der Waals surface area contributed by atoms with Crippen LogP contribution in [0, 0.1) is 0 Å². The summed E-state index contributed by atoms with van der Waals surface area (Å²) in [5.74, 6) is -0.199. The zero-order chi connectivity index (χ0) is 24.0. The van der Waals surface area contributed by atoms with Crippen LogP contribution in [0.25, 0.3) is 11.3 Å². The SMILES string of the molecule is Cn1nc(-c2ccnc(Cl)c2)cc1NC(=O)[C@H](Cc1ccccc1)NCC(=O)OC(C)(C)C. The summed E-state index contributed by atoms with van der Waals surface area (Å²) in [5.41, 5.74) is 1.80. The Bertz CT molecular complexity index is 1110. The molecule has 0 radical (unpaired) electrons. The second kappa shape index (κ2) is 10.6. The number of amides is 1. The Morgan fingerprint density at radius 3 is 2.55 bits per heavy atom. The summed E-state index contributed by atoms with van der Waals surface area (Å²) in [6.07, 6.45) is 2.00. The fourth-order valence-corrected chi connectivity index (χ4v) is 3.37. The highest BCUT2D eigenvalue weighted by atomic mass is 35.5. The van der Waals surface area contributed by atoms with Crippen LogP contribution in [0.1, 0.15) is 26.3 Å². The lowest BCUT2D eigenvalue weighted by atomic mass is 10.1. The number of rotatable bonds is 8. The van der Waals surface area contributed by atoms with Crippen molar-refractivity contribution in [2.75, 3.05) is 11.9 Å². The molecule has 0 aliphatic rings. The lowest BCUT2D eigenvalue weighted by Gasteiger charge is -2.22. The van der Waals surface area contributed by atoms with Gasteiger partial charge in [0, 0.05) is 24.9 Å². The molecule has 0 aliphatic carbocycles. The number of hydrogen-bond acceptors (Lipinski definition) is 6. The van der Waals surface area contributed by atoms with Crippen LogP contribution in [-0.4, -0.2) is 44.8 Å². The second-order valence-corrected chi connectivity index (χ2v) is 8.99. The van der Waals surface area contributed by atoms with Crippen molar-refractivity contribution >= 4 is 29.3 Å². The number of carbonyl (C=O) groups is 2. The molecule has 3 aromatic rings. The van der Waals surface area contributed by atoms with E-state index in [2.05, 4.69) is 20.7 Å². The summed E-state index contributed by atoms with van der Waals surface area (Å²) >= 11 is 5.98. The number of benzene rings is 1. The summed E-state index contributed by atoms with van der Waals surface area (Å²) in [4.78, 5) is 29.3. The number of esters is 1. The molecule has 2 heterocycles. The quantitative estimate of drug-likeness (QED) is 0.386. The number of ether oxygens (including phenoxy) is 1. The van der Waals surface area contributed by atoms with Gasteiger partial charge in [0.25, 0.3) is 0 Å². The van der Waals surface area contributed by atoms with Gasteiger partial charge >= 0.3 is 5.97 Å². The van der Waals surface area contributed by atoms with Gasteiger partial charge in [0.15, 0.2) is 0 Å². The first-order valence-electron chi connectivity index (χ1n) is 10.6. The van der Waals surface area contributed by atoms with E-state index >= 15 is 0 Å². The zero-order valence-corrected chi connectivity index (χ0v) is 19.9. The van der Waals surface area contributed by atoms with Crippen molar-refractivity contribution in [1.29, 1.82) is 0 Å². The Labute approximate surface area is 198 Å². The van der Waals surface area contributed by atoms with E-state index in [1.165, 1.54) is 0 Å². The van der Waals surface area contributed by atoms with Crippen LogP contribution in [0.15, 0.2) is 54.7 Å². The normalized spacial score (nSPS) is 12.3. The highest BCUT2D eigenvalue weighted by Crippen LogP contribution is 2.23. The monoisotopic (exact) mass is 469 g/mol. The van der Waals surface area contributed by atoms with Crippen molar-refractivity contribution in [1.82, 2.24) is 20.1 Å². The lowest BCUT2D eigenvalue weighted by molar-refractivity contribution is -0.153. The third-order valence-corrected chi connectivity index (χ3v) is 4.87. The summed E-state index contributed by atoms with van der Waals surface area (Å²) < 4.78 is 6.93. The number of pyridine rings is 1. The second-order valence-electron chi connectivity index (χ2n) is 8.60. The van der Waals surface area contributed by atoms with Gasteiger partial charge in [0.05, 0.1) is 18.3 Å². The third kappa shape index (κ3) is 7.40. The number of aromatic nitrogens is 3. The Kier molecular flexibility index (Phi) is 7.84. The first-order chi connectivity index (χ1) is 15.6. The largest absolute Gasteiger partial charge is 0.459 e. The fourth-order valence-electron chi connectivity index (χ4n) is 3.19. The summed E-state index contributed by atoms with van der Waals surface area (Å²) in [6.45, 7) is 5.31. The van der Waals surface area contributed by atoms with Crippen molar-refractivity contribution in [3.05, 3.63) is 65.4 Å². The van der Waals surface area contributed by atoms with Crippen LogP contribution in [0.5, 0.6) is 0 Å². The van der Waals surface area contributed by atoms with Crippen LogP contribution in [0.4, 0.5) is 5.82 Å². The van der Waals surface area contributed by atoms with Crippen LogP contribution in [0.3, 0.4) is 0 Å². The van der Waals surface area contributed by atoms with E-state index in [0.717, 1.165) is 11.1 Å². The molecule has 0 aliphatic heterocycles. The van der Waals surface area contributed by atoms with E-state index in [1.54, 1.807) is 56.9 Å². The van der Waals surface area contributed by atoms with Crippen molar-refractivity contribution in [3.63, 3.8) is 0 Å². The van der Waals surface area contributed by atoms with E-state index in [9.17, 15) is 9.59 Å². The molecule has 2 N–H and O–H groups in total. The number of carbonyl (C=O) groups excluding carboxylic acids is 2. The van der Waals surface area contributed by atoms with E-state index in [4.69, 9.17) is 16.3 Å². The summed E-state index contributed by atoms with van der Waals surface area (Å²) in [6, 6.07) is 14.2. The molecule has 3 rings (SSSR count). The average Bonchev–Trinajstić information content (AvgIpc) is 3.11. The minimum Gasteiger partial charge on any atom is -0.459 e. The number of nitrogens with one attached hydrogen (secondary N) is 2. The molecular weight excluding hydrogens is 442 g/mol. The molecule has 0 saturated heterocycles. The van der Waals surface area contributed by atoms with Crippen molar-refractivity contribution < 1.29 is 14.3 Å². The van der Waals surface area contributed by atoms with Crippen LogP contribution >= 0.6 is 11.6 Å². The minimum absolute atomic E-state index is 0.0889. The van der Waals surface area contributed by atoms with E-state index < -0.39 is 17.6 Å². The maximum Gasteiger partial charge on any atom is 0.320 e. The predicted octanol–water partition coefficient (Wildman–Crippen LogP) is 3.62. The molecule has 2 aromatic heterocycles. The van der Waals surface area contributed by atoms with Crippen LogP contribution in [-0.2, 0) is 27.8 Å². The molecule has 9 heteroatoms. The number of halogens is 1. The van der Waals surface area contributed by atoms with Gasteiger partial charge in [-0.05, 0) is 44.9 Å². The van der Waals surface area contributed by atoms with Crippen molar-refractivity contribution in [3.8, 4) is 11.3 Å². The number of aryl methyl sites for hydroxylation is 1. The summed E-state index contributed by atoms with van der Waals surface area (Å²) in [5, 5.41) is 10.8. The first kappa shape index (κ1) is 24.4. The molecule has 0 spiro atoms. The van der Waals surface area contributed by atoms with E-state index in [-0.39, 0.29) is 12.5 Å². The van der Waals surface area contributed by atoms with Gasteiger partial charge in [0.1, 0.15) is 16.6 Å². The first-order valence-corrected chi connectivity index (χ1v) is 10.9. The van der Waals surface area contributed by atoms with E-state index in [1.807, 2.05) is 30.3 Å². The van der Waals surface area contributed by atoms with Gasteiger partial charge < -0.3 is 10.1 Å². The molecule has 1 aromatic carbocycles. The number of nitrogens with zero attached hydrogens (tertiary/aromatic N) is 3. The maximum atomic E-state index is 13.2. The molecule has 0 fully saturated rings. The molecule has 1 atom stereocenters. The maximum absolute atomic E-state index is 13.2. The molecule has 33 heavy (non-hydrogen) atoms. The summed E-state index contributed by atoms with van der Waals surface area (Å²) in [7, 11) is 1.74. The Balaban J connectivity index is 1.74. The lowest BCUT2D eigenvalue weighted by Crippen LogP contribution is -2.45. The van der Waals surface area contributed by atoms with Crippen molar-refractivity contribution in [2.24, 2.45) is 7.05 Å². The van der Waals surface area contributed by atoms with Gasteiger partial charge in [-0.2, -0.15) is 5.10 Å². The Morgan fingerprint density at radius 1 is 1.15 bits per heavy atom. The average molecular weight is 470 g/mol. The third-order valence-electron chi connectivity index (χ3n) is 4.67. The zero-order valence-electron chi connectivity index (χ0n) is 19.1. The van der Waals surface area contributed by atoms with Gasteiger partial charge in [-0.3, -0.25) is 19.6 Å². The number of anilines is 1. The van der Waals surface area contributed by atoms with Gasteiger partial charge in [-0.25, -0.2) is 4.98 Å². The minimum atomic E-state index is -0.659. The molecular formula is C24H28ClN5O3. The van der Waals surface area contributed by atoms with E-state index in [0.29, 0.717) is 23.1 Å². The molecule has 1 amide bonds. The molecule has 0 unspecified atom stereocenters. The molecule has 0 saturated carbocycles. The van der Waals surface area contributed by atoms with Crippen LogP contribution < -0.4 is 10.6 Å². The smallest absolute Gasteiger partial charge is 0.320 e. The van der Waals surface area contributed by atoms with Gasteiger partial charge in [-0.15, -0.1) is 0 Å². The van der Waals surface area contributed by atoms with Gasteiger partial charge in [-0.1, -0.05) is 41.9 Å². The predicted molar refractivity (Wildman–Crippen MR) is 128 cm³/mol. The molecule has 174 valence electrons. The number of hydrogen-bond donors (Lipinski definition) is 2. The van der Waals surface area contributed by atoms with Crippen molar-refractivity contribution in [2.45, 2.75) is 38.8 Å². The highest BCUT2D eigenvalue weighted by Gasteiger charge is 2.23. The molecule has 8 nitrogen and oxygen atoms in total. The Morgan fingerprint density at radius 2 is 1.88 bits per heavy atom. The highest BCUT2D eigenvalue weighted by molar-refractivity contribution is 6.29. The topological polar surface area (TPSA) is 98.1 Å². The molecule has 0 bridgehead atoms.